The third-order valence-electron chi connectivity index (χ3n) is 10.5. The molecule has 0 atom stereocenters. The highest BCUT2D eigenvalue weighted by Gasteiger charge is 2.34. The van der Waals surface area contributed by atoms with Crippen molar-refractivity contribution in [1.82, 2.24) is 0 Å². The molecule has 0 aromatic heterocycles. The number of benzene rings is 1. The summed E-state index contributed by atoms with van der Waals surface area (Å²) in [5.74, 6) is 0. The van der Waals surface area contributed by atoms with Gasteiger partial charge in [0.2, 0.25) is 0 Å². The van der Waals surface area contributed by atoms with Crippen molar-refractivity contribution in [2.75, 3.05) is 24.6 Å². The summed E-state index contributed by atoms with van der Waals surface area (Å²) in [6.07, 6.45) is 47.0. The van der Waals surface area contributed by atoms with Crippen LogP contribution in [0.15, 0.2) is 29.2 Å². The molecular weight excluding hydrogens is 640 g/mol. The highest BCUT2D eigenvalue weighted by molar-refractivity contribution is 7.85. The standard InChI is InChI=1S/C26H56P.C18H30O3S/c1-5-9-13-14-15-16-17-18-19-20-21-22-26-27(23-10-6-2,24-11-7-3)25-12-8-4;1-2-3-4-5-6-7-8-9-10-11-12-17-13-15-18(16-14-17)22(19,20)21/h5-26H2,1-4H3;13-16H,2-12H2,1H3,(H,19,20,21)/q+1;/p-1. The molecule has 0 amide bonds. The van der Waals surface area contributed by atoms with Crippen molar-refractivity contribution < 1.29 is 13.0 Å². The second-order valence-electron chi connectivity index (χ2n) is 15.2. The van der Waals surface area contributed by atoms with E-state index in [-0.39, 0.29) is 4.90 Å². The summed E-state index contributed by atoms with van der Waals surface area (Å²) in [5.41, 5.74) is 1.10. The third-order valence-corrected chi connectivity index (χ3v) is 16.4. The Morgan fingerprint density at radius 2 is 0.694 bits per heavy atom. The molecular formula is C44H85O3PS. The summed E-state index contributed by atoms with van der Waals surface area (Å²) in [5, 5.41) is 0. The number of hydrogen-bond donors (Lipinski definition) is 0. The minimum Gasteiger partial charge on any atom is -0.744 e. The first-order valence-corrected chi connectivity index (χ1v) is 25.6. The van der Waals surface area contributed by atoms with Crippen LogP contribution in [0.3, 0.4) is 0 Å². The Bertz CT molecular complexity index is 893. The monoisotopic (exact) mass is 725 g/mol. The molecule has 290 valence electrons. The van der Waals surface area contributed by atoms with Gasteiger partial charge >= 0.3 is 0 Å². The van der Waals surface area contributed by atoms with E-state index in [1.165, 1.54) is 179 Å². The Labute approximate surface area is 309 Å². The van der Waals surface area contributed by atoms with Crippen LogP contribution in [0.1, 0.15) is 220 Å². The average molecular weight is 725 g/mol. The van der Waals surface area contributed by atoms with Crippen LogP contribution in [0.2, 0.25) is 0 Å². The largest absolute Gasteiger partial charge is 0.744 e. The Balaban J connectivity index is 0.000000958. The molecule has 5 heteroatoms. The third kappa shape index (κ3) is 29.8. The van der Waals surface area contributed by atoms with E-state index in [1.54, 1.807) is 43.2 Å². The molecule has 0 radical (unpaired) electrons. The van der Waals surface area contributed by atoms with E-state index >= 15 is 0 Å². The number of unbranched alkanes of at least 4 members (excludes halogenated alkanes) is 23. The van der Waals surface area contributed by atoms with Gasteiger partial charge in [0.15, 0.2) is 0 Å². The smallest absolute Gasteiger partial charge is 0.124 e. The van der Waals surface area contributed by atoms with Crippen LogP contribution < -0.4 is 0 Å². The van der Waals surface area contributed by atoms with Gasteiger partial charge < -0.3 is 4.55 Å². The van der Waals surface area contributed by atoms with Gasteiger partial charge in [-0.3, -0.25) is 0 Å². The predicted molar refractivity (Wildman–Crippen MR) is 222 cm³/mol. The van der Waals surface area contributed by atoms with Crippen LogP contribution in [0.4, 0.5) is 0 Å². The zero-order valence-electron chi connectivity index (χ0n) is 33.7. The Morgan fingerprint density at radius 1 is 0.408 bits per heavy atom. The van der Waals surface area contributed by atoms with Crippen LogP contribution in [0.25, 0.3) is 0 Å². The summed E-state index contributed by atoms with van der Waals surface area (Å²) in [6.45, 7) is 11.7. The molecule has 0 fully saturated rings. The predicted octanol–water partition coefficient (Wildman–Crippen LogP) is 15.2. The van der Waals surface area contributed by atoms with Gasteiger partial charge in [0.05, 0.1) is 29.5 Å². The van der Waals surface area contributed by atoms with E-state index in [2.05, 4.69) is 34.6 Å². The van der Waals surface area contributed by atoms with Gasteiger partial charge in [0, 0.05) is 7.26 Å². The Kier molecular flexibility index (Phi) is 34.3. The van der Waals surface area contributed by atoms with Gasteiger partial charge in [-0.1, -0.05) is 188 Å². The molecule has 1 aromatic rings. The average Bonchev–Trinajstić information content (AvgIpc) is 3.10. The highest BCUT2D eigenvalue weighted by atomic mass is 32.2. The minimum atomic E-state index is -4.31. The molecule has 0 aliphatic rings. The second-order valence-corrected chi connectivity index (χ2v) is 21.1. The van der Waals surface area contributed by atoms with E-state index in [0.29, 0.717) is 0 Å². The molecule has 1 aromatic carbocycles. The molecule has 0 bridgehead atoms. The lowest BCUT2D eigenvalue weighted by atomic mass is 10.0. The van der Waals surface area contributed by atoms with Crippen LogP contribution in [-0.4, -0.2) is 37.6 Å². The summed E-state index contributed by atoms with van der Waals surface area (Å²) in [6, 6.07) is 6.32. The first kappa shape index (κ1) is 48.6. The van der Waals surface area contributed by atoms with Crippen molar-refractivity contribution in [3.8, 4) is 0 Å². The van der Waals surface area contributed by atoms with Crippen molar-refractivity contribution in [2.24, 2.45) is 0 Å². The SMILES string of the molecule is CCCCCCCCCCCCCC[P+](CCCC)(CCCC)CCCC.CCCCCCCCCCCCc1ccc(S(=O)(=O)[O-])cc1. The summed E-state index contributed by atoms with van der Waals surface area (Å²) >= 11 is 0. The zero-order chi connectivity index (χ0) is 36.3. The number of rotatable bonds is 34. The fourth-order valence-electron chi connectivity index (χ4n) is 7.08. The van der Waals surface area contributed by atoms with Gasteiger partial charge in [0.25, 0.3) is 0 Å². The van der Waals surface area contributed by atoms with Gasteiger partial charge in [-0.25, -0.2) is 8.42 Å². The van der Waals surface area contributed by atoms with E-state index in [9.17, 15) is 13.0 Å². The van der Waals surface area contributed by atoms with E-state index < -0.39 is 17.4 Å². The maximum atomic E-state index is 10.8. The highest BCUT2D eigenvalue weighted by Crippen LogP contribution is 2.61. The quantitative estimate of drug-likeness (QED) is 0.0404. The lowest BCUT2D eigenvalue weighted by molar-refractivity contribution is 0.463. The van der Waals surface area contributed by atoms with Crippen molar-refractivity contribution >= 4 is 17.4 Å². The van der Waals surface area contributed by atoms with Gasteiger partial charge in [-0.2, -0.15) is 0 Å². The van der Waals surface area contributed by atoms with Gasteiger partial charge in [-0.05, 0) is 62.6 Å². The van der Waals surface area contributed by atoms with Gasteiger partial charge in [0.1, 0.15) is 10.1 Å². The molecule has 0 saturated carbocycles. The Hall–Kier alpha value is -0.440. The molecule has 3 nitrogen and oxygen atoms in total. The maximum Gasteiger partial charge on any atom is 0.124 e. The molecule has 0 aliphatic carbocycles. The van der Waals surface area contributed by atoms with Crippen LogP contribution in [0.5, 0.6) is 0 Å². The molecule has 1 rings (SSSR count). The second kappa shape index (κ2) is 34.6. The normalized spacial score (nSPS) is 11.9. The van der Waals surface area contributed by atoms with E-state index in [4.69, 9.17) is 0 Å². The van der Waals surface area contributed by atoms with Crippen molar-refractivity contribution in [3.63, 3.8) is 0 Å². The first-order chi connectivity index (χ1) is 23.8. The molecule has 0 unspecified atom stereocenters. The first-order valence-electron chi connectivity index (χ1n) is 21.7. The summed E-state index contributed by atoms with van der Waals surface area (Å²) < 4.78 is 32.5. The molecule has 0 spiro atoms. The molecule has 0 saturated heterocycles. The van der Waals surface area contributed by atoms with Crippen LogP contribution >= 0.6 is 7.26 Å². The lowest BCUT2D eigenvalue weighted by Gasteiger charge is -2.28. The zero-order valence-corrected chi connectivity index (χ0v) is 35.4. The van der Waals surface area contributed by atoms with Crippen molar-refractivity contribution in [1.29, 1.82) is 0 Å². The molecule has 0 heterocycles. The van der Waals surface area contributed by atoms with Crippen molar-refractivity contribution in [2.45, 2.75) is 226 Å². The minimum absolute atomic E-state index is 0.140. The summed E-state index contributed by atoms with van der Waals surface area (Å²) in [4.78, 5) is -0.140. The summed E-state index contributed by atoms with van der Waals surface area (Å²) in [7, 11) is -4.94. The molecule has 0 N–H and O–H groups in total. The van der Waals surface area contributed by atoms with E-state index in [0.717, 1.165) is 18.4 Å². The fraction of sp³-hybridized carbons (Fsp3) is 0.864. The lowest BCUT2D eigenvalue weighted by Crippen LogP contribution is -2.13. The van der Waals surface area contributed by atoms with Gasteiger partial charge in [-0.15, -0.1) is 0 Å². The maximum absolute atomic E-state index is 10.8. The van der Waals surface area contributed by atoms with Crippen LogP contribution in [-0.2, 0) is 16.5 Å². The van der Waals surface area contributed by atoms with E-state index in [1.807, 2.05) is 0 Å². The number of aryl methyl sites for hydroxylation is 1. The Morgan fingerprint density at radius 3 is 1.02 bits per heavy atom. The topological polar surface area (TPSA) is 57.2 Å². The van der Waals surface area contributed by atoms with Crippen molar-refractivity contribution in [3.05, 3.63) is 29.8 Å². The molecule has 49 heavy (non-hydrogen) atoms. The number of hydrogen-bond acceptors (Lipinski definition) is 3. The van der Waals surface area contributed by atoms with Crippen LogP contribution in [0, 0.1) is 0 Å². The molecule has 0 aliphatic heterocycles. The fourth-order valence-corrected chi connectivity index (χ4v) is 12.7.